The summed E-state index contributed by atoms with van der Waals surface area (Å²) >= 11 is 4.91. The predicted molar refractivity (Wildman–Crippen MR) is 80.8 cm³/mol. The molecule has 2 rings (SSSR count). The Kier molecular flexibility index (Phi) is 3.26. The smallest absolute Gasteiger partial charge is 0.119 e. The van der Waals surface area contributed by atoms with Crippen LogP contribution in [-0.2, 0) is 17.3 Å². The molecule has 0 saturated carbocycles. The van der Waals surface area contributed by atoms with Crippen molar-refractivity contribution >= 4 is 17.6 Å². The monoisotopic (exact) mass is 262 g/mol. The van der Waals surface area contributed by atoms with Gasteiger partial charge in [-0.3, -0.25) is 0 Å². The molecule has 1 aliphatic rings. The highest BCUT2D eigenvalue weighted by molar-refractivity contribution is 7.78. The second-order valence-electron chi connectivity index (χ2n) is 6.67. The normalized spacial score (nSPS) is 20.2. The van der Waals surface area contributed by atoms with Gasteiger partial charge in [-0.2, -0.15) is 0 Å². The zero-order valence-corrected chi connectivity index (χ0v) is 12.5. The first-order valence-corrected chi connectivity index (χ1v) is 7.05. The predicted octanol–water partition coefficient (Wildman–Crippen LogP) is 4.28. The number of aromatic hydroxyl groups is 1. The molecule has 0 saturated heterocycles. The number of phenols is 1. The van der Waals surface area contributed by atoms with Crippen LogP contribution in [0.1, 0.15) is 57.2 Å². The van der Waals surface area contributed by atoms with Crippen LogP contribution in [0.4, 0.5) is 0 Å². The lowest BCUT2D eigenvalue weighted by Gasteiger charge is -2.42. The van der Waals surface area contributed by atoms with E-state index in [2.05, 4.69) is 33.8 Å². The van der Waals surface area contributed by atoms with E-state index in [-0.39, 0.29) is 10.8 Å². The summed E-state index contributed by atoms with van der Waals surface area (Å²) in [7, 11) is 0. The highest BCUT2D eigenvalue weighted by Crippen LogP contribution is 2.47. The second kappa shape index (κ2) is 4.34. The molecule has 0 atom stereocenters. The van der Waals surface area contributed by atoms with Crippen molar-refractivity contribution in [3.8, 4) is 5.75 Å². The zero-order chi connectivity index (χ0) is 13.6. The maximum atomic E-state index is 10.1. The maximum absolute atomic E-state index is 10.1. The minimum absolute atomic E-state index is 0.151. The molecule has 1 N–H and O–H groups in total. The molecule has 0 heterocycles. The Balaban J connectivity index is 2.64. The van der Waals surface area contributed by atoms with Crippen LogP contribution in [0.3, 0.4) is 0 Å². The molecule has 0 fully saturated rings. The van der Waals surface area contributed by atoms with Gasteiger partial charge >= 0.3 is 0 Å². The van der Waals surface area contributed by atoms with Crippen molar-refractivity contribution < 1.29 is 5.11 Å². The quantitative estimate of drug-likeness (QED) is 0.803. The van der Waals surface area contributed by atoms with Crippen LogP contribution < -0.4 is 0 Å². The zero-order valence-electron chi connectivity index (χ0n) is 11.7. The summed E-state index contributed by atoms with van der Waals surface area (Å²) in [6.45, 7) is 9.11. The van der Waals surface area contributed by atoms with Crippen LogP contribution in [0.15, 0.2) is 12.1 Å². The van der Waals surface area contributed by atoms with Gasteiger partial charge in [0.25, 0.3) is 0 Å². The van der Waals surface area contributed by atoms with E-state index in [0.717, 1.165) is 5.56 Å². The summed E-state index contributed by atoms with van der Waals surface area (Å²) in [6, 6.07) is 4.12. The number of thiocarbonyl (C=S) groups is 1. The third-order valence-electron chi connectivity index (χ3n) is 4.36. The van der Waals surface area contributed by atoms with Crippen molar-refractivity contribution in [2.45, 2.75) is 57.8 Å². The first-order chi connectivity index (χ1) is 8.28. The van der Waals surface area contributed by atoms with Crippen molar-refractivity contribution in [2.75, 3.05) is 0 Å². The van der Waals surface area contributed by atoms with E-state index in [4.69, 9.17) is 12.2 Å². The van der Waals surface area contributed by atoms with E-state index >= 15 is 0 Å². The molecular weight excluding hydrogens is 240 g/mol. The van der Waals surface area contributed by atoms with E-state index < -0.39 is 0 Å². The molecule has 0 bridgehead atoms. The average molecular weight is 262 g/mol. The number of benzene rings is 1. The third-order valence-corrected chi connectivity index (χ3v) is 4.52. The fourth-order valence-electron chi connectivity index (χ4n) is 2.90. The number of fused-ring (bicyclic) bond motifs is 1. The first-order valence-electron chi connectivity index (χ1n) is 6.58. The van der Waals surface area contributed by atoms with Crippen molar-refractivity contribution in [1.82, 2.24) is 0 Å². The highest BCUT2D eigenvalue weighted by atomic mass is 32.1. The van der Waals surface area contributed by atoms with Gasteiger partial charge in [-0.1, -0.05) is 46.0 Å². The number of hydrogen-bond acceptors (Lipinski definition) is 2. The summed E-state index contributed by atoms with van der Waals surface area (Å²) in [4.78, 5) is 0. The molecule has 1 aromatic carbocycles. The fourth-order valence-corrected chi connectivity index (χ4v) is 3.08. The number of hydrogen-bond donors (Lipinski definition) is 1. The molecule has 0 radical (unpaired) electrons. The largest absolute Gasteiger partial charge is 0.508 e. The van der Waals surface area contributed by atoms with E-state index in [1.807, 2.05) is 6.07 Å². The maximum Gasteiger partial charge on any atom is 0.119 e. The molecule has 1 nitrogen and oxygen atoms in total. The summed E-state index contributed by atoms with van der Waals surface area (Å²) in [5, 5.41) is 11.8. The van der Waals surface area contributed by atoms with Crippen molar-refractivity contribution in [2.24, 2.45) is 0 Å². The summed E-state index contributed by atoms with van der Waals surface area (Å²) < 4.78 is 0. The topological polar surface area (TPSA) is 20.2 Å². The van der Waals surface area contributed by atoms with Gasteiger partial charge in [0, 0.05) is 6.42 Å². The van der Waals surface area contributed by atoms with E-state index in [0.29, 0.717) is 12.2 Å². The lowest BCUT2D eigenvalue weighted by molar-refractivity contribution is 0.329. The highest BCUT2D eigenvalue weighted by Gasteiger charge is 2.37. The molecule has 0 aliphatic heterocycles. The third kappa shape index (κ3) is 2.18. The lowest BCUT2D eigenvalue weighted by Crippen LogP contribution is -2.33. The Morgan fingerprint density at radius 2 is 1.61 bits per heavy atom. The minimum Gasteiger partial charge on any atom is -0.508 e. The Morgan fingerprint density at radius 3 is 2.11 bits per heavy atom. The van der Waals surface area contributed by atoms with Gasteiger partial charge in [0.05, 0.1) is 0 Å². The SMILES string of the molecule is CC1(C)CCC(C)(C)c2cc(CC=S)c(O)cc21. The summed E-state index contributed by atoms with van der Waals surface area (Å²) in [5.41, 5.74) is 3.97. The molecule has 2 heteroatoms. The molecule has 0 amide bonds. The van der Waals surface area contributed by atoms with E-state index in [1.165, 1.54) is 24.0 Å². The van der Waals surface area contributed by atoms with Gasteiger partial charge in [-0.25, -0.2) is 0 Å². The molecular formula is C16H22OS. The second-order valence-corrected chi connectivity index (χ2v) is 7.00. The van der Waals surface area contributed by atoms with Crippen LogP contribution in [-0.4, -0.2) is 10.5 Å². The van der Waals surface area contributed by atoms with Gasteiger partial charge in [0.2, 0.25) is 0 Å². The molecule has 18 heavy (non-hydrogen) atoms. The van der Waals surface area contributed by atoms with Gasteiger partial charge < -0.3 is 5.11 Å². The van der Waals surface area contributed by atoms with Crippen LogP contribution in [0, 0.1) is 0 Å². The molecule has 0 aromatic heterocycles. The Hall–Kier alpha value is -0.890. The van der Waals surface area contributed by atoms with E-state index in [1.54, 1.807) is 5.37 Å². The standard InChI is InChI=1S/C16H22OS/c1-15(2)6-7-16(3,4)13-10-14(17)11(5-8-18)9-12(13)15/h8-10,17H,5-7H2,1-4H3. The Bertz CT molecular complexity index is 486. The van der Waals surface area contributed by atoms with Gasteiger partial charge in [-0.05, 0) is 51.8 Å². The average Bonchev–Trinajstić information content (AvgIpc) is 2.27. The fraction of sp³-hybridized carbons (Fsp3) is 0.562. The van der Waals surface area contributed by atoms with E-state index in [9.17, 15) is 5.11 Å². The Labute approximate surface area is 115 Å². The van der Waals surface area contributed by atoms with Crippen LogP contribution in [0.5, 0.6) is 5.75 Å². The number of phenolic OH excluding ortho intramolecular Hbond substituents is 1. The molecule has 0 unspecified atom stereocenters. The summed E-state index contributed by atoms with van der Waals surface area (Å²) in [5.74, 6) is 0.389. The van der Waals surface area contributed by atoms with Crippen LogP contribution >= 0.6 is 12.2 Å². The van der Waals surface area contributed by atoms with Crippen molar-refractivity contribution in [3.05, 3.63) is 28.8 Å². The van der Waals surface area contributed by atoms with Crippen LogP contribution in [0.25, 0.3) is 0 Å². The minimum atomic E-state index is 0.151. The molecule has 0 spiro atoms. The Morgan fingerprint density at radius 1 is 1.11 bits per heavy atom. The molecule has 98 valence electrons. The van der Waals surface area contributed by atoms with Crippen molar-refractivity contribution in [3.63, 3.8) is 0 Å². The van der Waals surface area contributed by atoms with Crippen molar-refractivity contribution in [1.29, 1.82) is 0 Å². The number of rotatable bonds is 2. The summed E-state index contributed by atoms with van der Waals surface area (Å²) in [6.07, 6.45) is 3.01. The van der Waals surface area contributed by atoms with Gasteiger partial charge in [0.15, 0.2) is 0 Å². The molecule has 1 aliphatic carbocycles. The van der Waals surface area contributed by atoms with Gasteiger partial charge in [-0.15, -0.1) is 0 Å². The van der Waals surface area contributed by atoms with Crippen LogP contribution in [0.2, 0.25) is 0 Å². The first kappa shape index (κ1) is 13.5. The lowest BCUT2D eigenvalue weighted by atomic mass is 9.63. The molecule has 1 aromatic rings. The van der Waals surface area contributed by atoms with Gasteiger partial charge in [0.1, 0.15) is 5.75 Å².